The number of hydrogen-bond acceptors (Lipinski definition) is 2. The molecular formula is C7H15NO2S. The van der Waals surface area contributed by atoms with Gasteiger partial charge in [0.25, 0.3) is 0 Å². The third-order valence-corrected chi connectivity index (χ3v) is 4.18. The third-order valence-electron chi connectivity index (χ3n) is 2.03. The van der Waals surface area contributed by atoms with E-state index in [9.17, 15) is 8.42 Å². The molecule has 0 amide bonds. The normalized spacial score (nSPS) is 33.6. The molecule has 0 aliphatic carbocycles. The summed E-state index contributed by atoms with van der Waals surface area (Å²) < 4.78 is 23.7. The van der Waals surface area contributed by atoms with Crippen LogP contribution in [0.5, 0.6) is 0 Å². The molecule has 0 radical (unpaired) electrons. The van der Waals surface area contributed by atoms with Gasteiger partial charge in [0.2, 0.25) is 10.0 Å². The molecule has 1 aliphatic rings. The molecule has 1 saturated heterocycles. The van der Waals surface area contributed by atoms with Crippen LogP contribution in [0.1, 0.15) is 33.1 Å². The summed E-state index contributed by atoms with van der Waals surface area (Å²) in [6.07, 6.45) is 2.77. The second-order valence-electron chi connectivity index (χ2n) is 2.87. The van der Waals surface area contributed by atoms with Crippen LogP contribution in [-0.2, 0) is 10.0 Å². The van der Waals surface area contributed by atoms with Gasteiger partial charge in [0, 0.05) is 6.54 Å². The number of hydrogen-bond donors (Lipinski definition) is 0. The van der Waals surface area contributed by atoms with Crippen LogP contribution in [-0.4, -0.2) is 24.6 Å². The second-order valence-corrected chi connectivity index (χ2v) is 4.92. The highest BCUT2D eigenvalue weighted by atomic mass is 32.2. The minimum atomic E-state index is -2.79. The molecule has 0 spiro atoms. The molecule has 1 heterocycles. The van der Waals surface area contributed by atoms with Gasteiger partial charge in [-0.05, 0) is 12.8 Å². The van der Waals surface area contributed by atoms with E-state index in [1.165, 1.54) is 0 Å². The first-order chi connectivity index (χ1) is 5.14. The number of nitrogens with zero attached hydrogens (tertiary/aromatic N) is 1. The molecule has 2 atom stereocenters. The van der Waals surface area contributed by atoms with Crippen LogP contribution < -0.4 is 0 Å². The molecule has 4 heteroatoms. The van der Waals surface area contributed by atoms with Crippen molar-refractivity contribution in [1.82, 2.24) is 4.31 Å². The topological polar surface area (TPSA) is 37.1 Å². The van der Waals surface area contributed by atoms with E-state index in [4.69, 9.17) is 0 Å². The summed E-state index contributed by atoms with van der Waals surface area (Å²) >= 11 is 0. The third kappa shape index (κ3) is 1.56. The Bertz CT molecular complexity index is 223. The van der Waals surface area contributed by atoms with Gasteiger partial charge in [0.1, 0.15) is 5.37 Å². The number of sulfonamides is 1. The van der Waals surface area contributed by atoms with Gasteiger partial charge in [0.15, 0.2) is 0 Å². The zero-order valence-electron chi connectivity index (χ0n) is 7.08. The average molecular weight is 177 g/mol. The van der Waals surface area contributed by atoms with Crippen LogP contribution in [0.3, 0.4) is 0 Å². The van der Waals surface area contributed by atoms with E-state index in [1.807, 2.05) is 6.92 Å². The molecule has 0 aromatic rings. The Kier molecular flexibility index (Phi) is 2.54. The molecule has 66 valence electrons. The standard InChI is InChI=1S/C7H15NO2S/c1-3-5-6-8-7(4-2)11(8,9)10/h7H,3-6H2,1-2H3. The molecular weight excluding hydrogens is 162 g/mol. The lowest BCUT2D eigenvalue weighted by Crippen LogP contribution is -2.02. The van der Waals surface area contributed by atoms with Crippen molar-refractivity contribution in [3.05, 3.63) is 0 Å². The Hall–Kier alpha value is -0.0900. The first kappa shape index (κ1) is 9.00. The van der Waals surface area contributed by atoms with Gasteiger partial charge in [0.05, 0.1) is 0 Å². The summed E-state index contributed by atoms with van der Waals surface area (Å²) in [4.78, 5) is 0. The Labute approximate surface area is 68.4 Å². The summed E-state index contributed by atoms with van der Waals surface area (Å²) in [5, 5.41) is -0.158. The Morgan fingerprint density at radius 2 is 2.00 bits per heavy atom. The molecule has 2 unspecified atom stereocenters. The molecule has 0 aromatic heterocycles. The van der Waals surface area contributed by atoms with Crippen LogP contribution in [0.4, 0.5) is 0 Å². The van der Waals surface area contributed by atoms with Gasteiger partial charge in [-0.25, -0.2) is 8.42 Å². The van der Waals surface area contributed by atoms with Gasteiger partial charge in [-0.3, -0.25) is 0 Å². The fraction of sp³-hybridized carbons (Fsp3) is 1.00. The van der Waals surface area contributed by atoms with Crippen molar-refractivity contribution in [2.75, 3.05) is 6.54 Å². The van der Waals surface area contributed by atoms with Crippen LogP contribution in [0.2, 0.25) is 0 Å². The summed E-state index contributed by atoms with van der Waals surface area (Å²) in [6, 6.07) is 0. The Balaban J connectivity index is 2.40. The first-order valence-corrected chi connectivity index (χ1v) is 5.65. The van der Waals surface area contributed by atoms with E-state index in [0.717, 1.165) is 25.8 Å². The van der Waals surface area contributed by atoms with Crippen molar-refractivity contribution in [3.63, 3.8) is 0 Å². The van der Waals surface area contributed by atoms with Crippen molar-refractivity contribution in [2.45, 2.75) is 38.5 Å². The molecule has 0 bridgehead atoms. The maximum absolute atomic E-state index is 11.1. The van der Waals surface area contributed by atoms with E-state index in [2.05, 4.69) is 6.92 Å². The quantitative estimate of drug-likeness (QED) is 0.604. The van der Waals surface area contributed by atoms with Crippen LogP contribution in [0.15, 0.2) is 0 Å². The Morgan fingerprint density at radius 1 is 1.36 bits per heavy atom. The maximum atomic E-state index is 11.1. The lowest BCUT2D eigenvalue weighted by atomic mass is 10.3. The first-order valence-electron chi connectivity index (χ1n) is 4.15. The predicted octanol–water partition coefficient (Wildman–Crippen LogP) is 1.17. The van der Waals surface area contributed by atoms with Crippen LogP contribution >= 0.6 is 0 Å². The minimum absolute atomic E-state index is 0.158. The number of rotatable bonds is 4. The fourth-order valence-corrected chi connectivity index (χ4v) is 3.13. The highest BCUT2D eigenvalue weighted by Gasteiger charge is 2.52. The van der Waals surface area contributed by atoms with Crippen molar-refractivity contribution >= 4 is 10.0 Å². The van der Waals surface area contributed by atoms with E-state index in [1.54, 1.807) is 4.31 Å². The molecule has 11 heavy (non-hydrogen) atoms. The lowest BCUT2D eigenvalue weighted by Gasteiger charge is -1.93. The number of unbranched alkanes of at least 4 members (excludes halogenated alkanes) is 1. The van der Waals surface area contributed by atoms with Crippen LogP contribution in [0, 0.1) is 0 Å². The molecule has 0 saturated carbocycles. The molecule has 3 nitrogen and oxygen atoms in total. The van der Waals surface area contributed by atoms with Crippen molar-refractivity contribution in [2.24, 2.45) is 0 Å². The minimum Gasteiger partial charge on any atom is -0.210 e. The maximum Gasteiger partial charge on any atom is 0.232 e. The summed E-state index contributed by atoms with van der Waals surface area (Å²) in [7, 11) is -2.79. The van der Waals surface area contributed by atoms with Gasteiger partial charge in [-0.15, -0.1) is 0 Å². The largest absolute Gasteiger partial charge is 0.232 e. The molecule has 0 N–H and O–H groups in total. The van der Waals surface area contributed by atoms with E-state index < -0.39 is 10.0 Å². The lowest BCUT2D eigenvalue weighted by molar-refractivity contribution is 0.496. The summed E-state index contributed by atoms with van der Waals surface area (Å²) in [6.45, 7) is 4.70. The van der Waals surface area contributed by atoms with Crippen LogP contribution in [0.25, 0.3) is 0 Å². The fourth-order valence-electron chi connectivity index (χ4n) is 1.29. The highest BCUT2D eigenvalue weighted by molar-refractivity contribution is 7.95. The second kappa shape index (κ2) is 3.11. The summed E-state index contributed by atoms with van der Waals surface area (Å²) in [5.74, 6) is 0. The van der Waals surface area contributed by atoms with E-state index >= 15 is 0 Å². The molecule has 1 aliphatic heterocycles. The van der Waals surface area contributed by atoms with E-state index in [0.29, 0.717) is 0 Å². The van der Waals surface area contributed by atoms with Gasteiger partial charge >= 0.3 is 0 Å². The Morgan fingerprint density at radius 3 is 2.36 bits per heavy atom. The zero-order valence-corrected chi connectivity index (χ0v) is 7.89. The average Bonchev–Trinajstić information content (AvgIpc) is 2.48. The monoisotopic (exact) mass is 177 g/mol. The van der Waals surface area contributed by atoms with Gasteiger partial charge in [-0.2, -0.15) is 4.31 Å². The molecule has 1 fully saturated rings. The molecule has 0 aromatic carbocycles. The van der Waals surface area contributed by atoms with Gasteiger partial charge in [-0.1, -0.05) is 20.3 Å². The summed E-state index contributed by atoms with van der Waals surface area (Å²) in [5.41, 5.74) is 0. The zero-order chi connectivity index (χ0) is 8.48. The van der Waals surface area contributed by atoms with Gasteiger partial charge < -0.3 is 0 Å². The highest BCUT2D eigenvalue weighted by Crippen LogP contribution is 2.33. The van der Waals surface area contributed by atoms with Crippen molar-refractivity contribution in [3.8, 4) is 0 Å². The van der Waals surface area contributed by atoms with E-state index in [-0.39, 0.29) is 5.37 Å². The SMILES string of the molecule is CCCCN1C(CC)S1(=O)=O. The van der Waals surface area contributed by atoms with Crippen molar-refractivity contribution < 1.29 is 8.42 Å². The van der Waals surface area contributed by atoms with Crippen molar-refractivity contribution in [1.29, 1.82) is 0 Å². The molecule has 1 rings (SSSR count). The predicted molar refractivity (Wildman–Crippen MR) is 44.6 cm³/mol. The smallest absolute Gasteiger partial charge is 0.210 e.